The van der Waals surface area contributed by atoms with E-state index < -0.39 is 18.0 Å². The van der Waals surface area contributed by atoms with Crippen molar-refractivity contribution in [3.05, 3.63) is 0 Å². The van der Waals surface area contributed by atoms with E-state index in [9.17, 15) is 14.7 Å². The standard InChI is InChI=1S/C6H11NO4.C2H6/c1-7(2,3)4(5(8)9)6(10)11;1-2/h4H,1-3H3,(H-,8,9,10,11);1-2H3. The zero-order valence-electron chi connectivity index (χ0n) is 8.70. The molecule has 0 saturated carbocycles. The van der Waals surface area contributed by atoms with Crippen LogP contribution in [-0.2, 0) is 9.59 Å². The summed E-state index contributed by atoms with van der Waals surface area (Å²) < 4.78 is -0.183. The molecule has 5 heteroatoms. The Morgan fingerprint density at radius 3 is 1.54 bits per heavy atom. The van der Waals surface area contributed by atoms with Crippen LogP contribution in [0.25, 0.3) is 0 Å². The van der Waals surface area contributed by atoms with Gasteiger partial charge in [0, 0.05) is 0 Å². The summed E-state index contributed by atoms with van der Waals surface area (Å²) in [5, 5.41) is 18.7. The molecular formula is C8H17NO4. The van der Waals surface area contributed by atoms with Crippen LogP contribution in [0.1, 0.15) is 13.8 Å². The molecule has 1 N–H and O–H groups in total. The predicted molar refractivity (Wildman–Crippen MR) is 45.8 cm³/mol. The number of likely N-dealkylation sites (N-methyl/N-ethyl adjacent to an activating group) is 1. The van der Waals surface area contributed by atoms with Crippen molar-refractivity contribution in [3.63, 3.8) is 0 Å². The second-order valence-electron chi connectivity index (χ2n) is 3.18. The van der Waals surface area contributed by atoms with E-state index in [-0.39, 0.29) is 4.48 Å². The first-order valence-electron chi connectivity index (χ1n) is 4.01. The Bertz CT molecular complexity index is 169. The third kappa shape index (κ3) is 5.19. The highest BCUT2D eigenvalue weighted by molar-refractivity contribution is 5.94. The van der Waals surface area contributed by atoms with Crippen molar-refractivity contribution in [2.45, 2.75) is 19.9 Å². The molecule has 0 aromatic heterocycles. The Labute approximate surface area is 78.2 Å². The number of aliphatic carboxylic acids is 2. The van der Waals surface area contributed by atoms with Crippen LogP contribution in [0.3, 0.4) is 0 Å². The second-order valence-corrected chi connectivity index (χ2v) is 3.18. The molecule has 78 valence electrons. The molecule has 0 aliphatic heterocycles. The summed E-state index contributed by atoms with van der Waals surface area (Å²) in [5.41, 5.74) is 0. The van der Waals surface area contributed by atoms with E-state index in [1.807, 2.05) is 13.8 Å². The monoisotopic (exact) mass is 191 g/mol. The molecule has 0 heterocycles. The average molecular weight is 191 g/mol. The fourth-order valence-corrected chi connectivity index (χ4v) is 0.748. The highest BCUT2D eigenvalue weighted by Crippen LogP contribution is 2.01. The smallest absolute Gasteiger partial charge is 0.368 e. The maximum absolute atomic E-state index is 10.4. The van der Waals surface area contributed by atoms with Crippen LogP contribution in [-0.4, -0.2) is 48.7 Å². The first kappa shape index (κ1) is 14.4. The lowest BCUT2D eigenvalue weighted by Crippen LogP contribution is -2.58. The maximum Gasteiger partial charge on any atom is 0.368 e. The van der Waals surface area contributed by atoms with Crippen LogP contribution in [0.4, 0.5) is 0 Å². The molecule has 1 atom stereocenters. The van der Waals surface area contributed by atoms with E-state index in [4.69, 9.17) is 5.11 Å². The van der Waals surface area contributed by atoms with Crippen LogP contribution >= 0.6 is 0 Å². The first-order chi connectivity index (χ1) is 5.76. The van der Waals surface area contributed by atoms with Gasteiger partial charge in [0.25, 0.3) is 0 Å². The molecule has 0 amide bonds. The summed E-state index contributed by atoms with van der Waals surface area (Å²) in [7, 11) is 4.44. The molecule has 0 aliphatic carbocycles. The molecular weight excluding hydrogens is 174 g/mol. The summed E-state index contributed by atoms with van der Waals surface area (Å²) in [4.78, 5) is 20.6. The lowest BCUT2D eigenvalue weighted by molar-refractivity contribution is -0.880. The van der Waals surface area contributed by atoms with Crippen molar-refractivity contribution in [1.82, 2.24) is 0 Å². The average Bonchev–Trinajstić information content (AvgIpc) is 1.85. The molecule has 1 unspecified atom stereocenters. The predicted octanol–water partition coefficient (Wildman–Crippen LogP) is -1.08. The highest BCUT2D eigenvalue weighted by Gasteiger charge is 2.32. The lowest BCUT2D eigenvalue weighted by Gasteiger charge is -2.31. The van der Waals surface area contributed by atoms with Crippen LogP contribution < -0.4 is 5.11 Å². The Morgan fingerprint density at radius 2 is 1.54 bits per heavy atom. The number of carbonyl (C=O) groups excluding carboxylic acids is 1. The van der Waals surface area contributed by atoms with E-state index in [1.165, 1.54) is 21.1 Å². The molecule has 0 rings (SSSR count). The largest absolute Gasteiger partial charge is 0.543 e. The van der Waals surface area contributed by atoms with Crippen molar-refractivity contribution < 1.29 is 24.3 Å². The number of carbonyl (C=O) groups is 2. The molecule has 0 aliphatic rings. The van der Waals surface area contributed by atoms with E-state index in [0.29, 0.717) is 0 Å². The highest BCUT2D eigenvalue weighted by atomic mass is 16.4. The molecule has 13 heavy (non-hydrogen) atoms. The van der Waals surface area contributed by atoms with Gasteiger partial charge in [0.15, 0.2) is 0 Å². The minimum Gasteiger partial charge on any atom is -0.543 e. The summed E-state index contributed by atoms with van der Waals surface area (Å²) >= 11 is 0. The van der Waals surface area contributed by atoms with Crippen molar-refractivity contribution in [3.8, 4) is 0 Å². The van der Waals surface area contributed by atoms with Gasteiger partial charge in [-0.25, -0.2) is 4.79 Å². The quantitative estimate of drug-likeness (QED) is 0.455. The number of carboxylic acids is 2. The Hall–Kier alpha value is -1.10. The summed E-state index contributed by atoms with van der Waals surface area (Å²) in [6.45, 7) is 4.00. The van der Waals surface area contributed by atoms with E-state index in [2.05, 4.69) is 0 Å². The normalized spacial score (nSPS) is 12.4. The SMILES string of the molecule is CC.C[N+](C)(C)C(C(=O)[O-])C(=O)O. The van der Waals surface area contributed by atoms with Gasteiger partial charge in [-0.05, 0) is 0 Å². The Kier molecular flexibility index (Phi) is 6.14. The Morgan fingerprint density at radius 1 is 1.23 bits per heavy atom. The van der Waals surface area contributed by atoms with Gasteiger partial charge in [0.2, 0.25) is 6.04 Å². The van der Waals surface area contributed by atoms with Crippen LogP contribution in [0.15, 0.2) is 0 Å². The molecule has 0 spiro atoms. The Balaban J connectivity index is 0. The van der Waals surface area contributed by atoms with Gasteiger partial charge >= 0.3 is 5.97 Å². The van der Waals surface area contributed by atoms with Gasteiger partial charge in [0.05, 0.1) is 21.1 Å². The minimum atomic E-state index is -1.56. The van der Waals surface area contributed by atoms with E-state index in [0.717, 1.165) is 0 Å². The van der Waals surface area contributed by atoms with Gasteiger partial charge in [-0.15, -0.1) is 0 Å². The van der Waals surface area contributed by atoms with Crippen molar-refractivity contribution >= 4 is 11.9 Å². The molecule has 5 nitrogen and oxygen atoms in total. The number of hydrogen-bond donors (Lipinski definition) is 1. The maximum atomic E-state index is 10.4. The van der Waals surface area contributed by atoms with Gasteiger partial charge in [-0.1, -0.05) is 13.8 Å². The number of rotatable bonds is 3. The molecule has 0 fully saturated rings. The zero-order valence-corrected chi connectivity index (χ0v) is 8.70. The molecule has 0 bridgehead atoms. The summed E-state index contributed by atoms with van der Waals surface area (Å²) in [5.74, 6) is -2.94. The van der Waals surface area contributed by atoms with Gasteiger partial charge in [0.1, 0.15) is 5.97 Å². The lowest BCUT2D eigenvalue weighted by atomic mass is 10.2. The second kappa shape index (κ2) is 5.53. The van der Waals surface area contributed by atoms with Crippen LogP contribution in [0, 0.1) is 0 Å². The molecule has 0 aromatic rings. The van der Waals surface area contributed by atoms with E-state index >= 15 is 0 Å². The molecule has 0 saturated heterocycles. The van der Waals surface area contributed by atoms with Crippen LogP contribution in [0.5, 0.6) is 0 Å². The number of nitrogens with zero attached hydrogens (tertiary/aromatic N) is 1. The summed E-state index contributed by atoms with van der Waals surface area (Å²) in [6.07, 6.45) is 0. The number of hydrogen-bond acceptors (Lipinski definition) is 3. The topological polar surface area (TPSA) is 77.4 Å². The molecule has 0 radical (unpaired) electrons. The van der Waals surface area contributed by atoms with Crippen LogP contribution in [0.2, 0.25) is 0 Å². The van der Waals surface area contributed by atoms with Crippen molar-refractivity contribution in [2.75, 3.05) is 21.1 Å². The fourth-order valence-electron chi connectivity index (χ4n) is 0.748. The van der Waals surface area contributed by atoms with Crippen molar-refractivity contribution in [2.24, 2.45) is 0 Å². The summed E-state index contributed by atoms with van der Waals surface area (Å²) in [6, 6.07) is -1.50. The third-order valence-electron chi connectivity index (χ3n) is 1.23. The third-order valence-corrected chi connectivity index (χ3v) is 1.23. The first-order valence-corrected chi connectivity index (χ1v) is 4.01. The van der Waals surface area contributed by atoms with Gasteiger partial charge < -0.3 is 19.5 Å². The number of quaternary nitrogens is 1. The minimum absolute atomic E-state index is 0.183. The van der Waals surface area contributed by atoms with E-state index in [1.54, 1.807) is 0 Å². The number of carboxylic acid groups (broad SMARTS) is 2. The fraction of sp³-hybridized carbons (Fsp3) is 0.750. The van der Waals surface area contributed by atoms with Gasteiger partial charge in [-0.3, -0.25) is 0 Å². The van der Waals surface area contributed by atoms with Crippen molar-refractivity contribution in [1.29, 1.82) is 0 Å². The zero-order chi connectivity index (χ0) is 11.2. The molecule has 0 aromatic carbocycles. The van der Waals surface area contributed by atoms with Gasteiger partial charge in [-0.2, -0.15) is 0 Å².